The molecule has 0 aromatic rings. The molecular weight excluding hydrogens is 178 g/mol. The van der Waals surface area contributed by atoms with Gasteiger partial charge in [0.15, 0.2) is 0 Å². The zero-order valence-electron chi connectivity index (χ0n) is 8.39. The van der Waals surface area contributed by atoms with Crippen LogP contribution < -0.4 is 5.32 Å². The molecule has 3 aliphatic rings. The Hall–Kier alpha value is -0.120. The van der Waals surface area contributed by atoms with E-state index >= 15 is 0 Å². The average molecular weight is 197 g/mol. The van der Waals surface area contributed by atoms with Gasteiger partial charge in [-0.1, -0.05) is 0 Å². The number of hydrogen-bond donors (Lipinski definition) is 3. The third-order valence-corrected chi connectivity index (χ3v) is 4.54. The van der Waals surface area contributed by atoms with Crippen LogP contribution in [0.2, 0.25) is 0 Å². The molecule has 80 valence electrons. The molecule has 3 nitrogen and oxygen atoms in total. The standard InChI is InChI=1S/C11H19NO2/c13-5-8(14)4-12-11-9-6-1-2-7(3-6)10(9)11/h6-14H,1-5H2. The SMILES string of the molecule is OCC(O)CNC1C2C3CCC(C3)C12. The van der Waals surface area contributed by atoms with Crippen LogP contribution in [0.5, 0.6) is 0 Å². The Kier molecular flexibility index (Phi) is 2.08. The highest BCUT2D eigenvalue weighted by molar-refractivity contribution is 5.16. The molecule has 14 heavy (non-hydrogen) atoms. The first-order chi connectivity index (χ1) is 6.81. The summed E-state index contributed by atoms with van der Waals surface area (Å²) >= 11 is 0. The van der Waals surface area contributed by atoms with Crippen molar-refractivity contribution < 1.29 is 10.2 Å². The second-order valence-corrected chi connectivity index (χ2v) is 5.26. The zero-order valence-corrected chi connectivity index (χ0v) is 8.39. The maximum atomic E-state index is 9.23. The number of hydrogen-bond acceptors (Lipinski definition) is 3. The summed E-state index contributed by atoms with van der Waals surface area (Å²) in [6.45, 7) is 0.440. The van der Waals surface area contributed by atoms with E-state index in [0.29, 0.717) is 12.6 Å². The van der Waals surface area contributed by atoms with Crippen LogP contribution in [0.15, 0.2) is 0 Å². The molecule has 3 fully saturated rings. The Labute approximate surface area is 84.5 Å². The summed E-state index contributed by atoms with van der Waals surface area (Å²) in [5, 5.41) is 21.3. The van der Waals surface area contributed by atoms with Crippen LogP contribution >= 0.6 is 0 Å². The van der Waals surface area contributed by atoms with E-state index in [1.165, 1.54) is 19.3 Å². The minimum Gasteiger partial charge on any atom is -0.394 e. The van der Waals surface area contributed by atoms with E-state index in [0.717, 1.165) is 23.7 Å². The van der Waals surface area contributed by atoms with E-state index in [-0.39, 0.29) is 6.61 Å². The van der Waals surface area contributed by atoms with Crippen molar-refractivity contribution in [1.29, 1.82) is 0 Å². The molecule has 3 rings (SSSR count). The first-order valence-electron chi connectivity index (χ1n) is 5.83. The molecule has 2 bridgehead atoms. The Morgan fingerprint density at radius 2 is 1.86 bits per heavy atom. The fraction of sp³-hybridized carbons (Fsp3) is 1.00. The summed E-state index contributed by atoms with van der Waals surface area (Å²) in [5.41, 5.74) is 0. The van der Waals surface area contributed by atoms with Crippen LogP contribution in [0.3, 0.4) is 0 Å². The Bertz CT molecular complexity index is 217. The topological polar surface area (TPSA) is 52.5 Å². The Balaban J connectivity index is 1.50. The molecule has 5 unspecified atom stereocenters. The van der Waals surface area contributed by atoms with Crippen molar-refractivity contribution in [2.75, 3.05) is 13.2 Å². The summed E-state index contributed by atoms with van der Waals surface area (Å²) in [4.78, 5) is 0. The molecule has 0 spiro atoms. The van der Waals surface area contributed by atoms with Crippen molar-refractivity contribution >= 4 is 0 Å². The second kappa shape index (κ2) is 3.19. The Morgan fingerprint density at radius 3 is 2.43 bits per heavy atom. The fourth-order valence-electron chi connectivity index (χ4n) is 3.93. The molecule has 0 amide bonds. The van der Waals surface area contributed by atoms with Crippen LogP contribution in [-0.4, -0.2) is 35.5 Å². The molecule has 3 heteroatoms. The number of aliphatic hydroxyl groups is 2. The molecular formula is C11H19NO2. The van der Waals surface area contributed by atoms with Gasteiger partial charge < -0.3 is 15.5 Å². The van der Waals surface area contributed by atoms with E-state index in [1.54, 1.807) is 0 Å². The lowest BCUT2D eigenvalue weighted by Crippen LogP contribution is -2.33. The number of nitrogens with one attached hydrogen (secondary N) is 1. The fourth-order valence-corrected chi connectivity index (χ4v) is 3.93. The van der Waals surface area contributed by atoms with Gasteiger partial charge in [0.2, 0.25) is 0 Å². The third kappa shape index (κ3) is 1.23. The average Bonchev–Trinajstić information content (AvgIpc) is 2.60. The molecule has 0 saturated heterocycles. The zero-order chi connectivity index (χ0) is 9.71. The van der Waals surface area contributed by atoms with Gasteiger partial charge in [0.1, 0.15) is 0 Å². The highest BCUT2D eigenvalue weighted by Crippen LogP contribution is 2.65. The van der Waals surface area contributed by atoms with Crippen LogP contribution in [0.1, 0.15) is 19.3 Å². The van der Waals surface area contributed by atoms with Crippen molar-refractivity contribution in [2.24, 2.45) is 23.7 Å². The first-order valence-corrected chi connectivity index (χ1v) is 5.83. The predicted octanol–water partition coefficient (Wildman–Crippen LogP) is -0.0263. The van der Waals surface area contributed by atoms with Gasteiger partial charge in [0, 0.05) is 12.6 Å². The van der Waals surface area contributed by atoms with E-state index in [1.807, 2.05) is 0 Å². The summed E-state index contributed by atoms with van der Waals surface area (Å²) in [7, 11) is 0. The molecule has 3 aliphatic carbocycles. The quantitative estimate of drug-likeness (QED) is 0.593. The van der Waals surface area contributed by atoms with Gasteiger partial charge in [0.25, 0.3) is 0 Å². The number of fused-ring (bicyclic) bond motifs is 5. The largest absolute Gasteiger partial charge is 0.394 e. The maximum Gasteiger partial charge on any atom is 0.0895 e. The van der Waals surface area contributed by atoms with Crippen LogP contribution in [0, 0.1) is 23.7 Å². The van der Waals surface area contributed by atoms with E-state index in [9.17, 15) is 5.11 Å². The van der Waals surface area contributed by atoms with Crippen molar-refractivity contribution in [3.8, 4) is 0 Å². The second-order valence-electron chi connectivity index (χ2n) is 5.26. The van der Waals surface area contributed by atoms with Crippen molar-refractivity contribution in [3.63, 3.8) is 0 Å². The molecule has 0 aliphatic heterocycles. The van der Waals surface area contributed by atoms with E-state index in [2.05, 4.69) is 5.32 Å². The highest BCUT2D eigenvalue weighted by Gasteiger charge is 2.64. The third-order valence-electron chi connectivity index (χ3n) is 4.54. The molecule has 0 aromatic carbocycles. The van der Waals surface area contributed by atoms with Crippen molar-refractivity contribution in [2.45, 2.75) is 31.4 Å². The summed E-state index contributed by atoms with van der Waals surface area (Å²) in [6.07, 6.45) is 3.77. The van der Waals surface area contributed by atoms with Crippen LogP contribution in [0.25, 0.3) is 0 Å². The summed E-state index contributed by atoms with van der Waals surface area (Å²) in [6, 6.07) is 0.669. The molecule has 3 N–H and O–H groups in total. The van der Waals surface area contributed by atoms with Crippen molar-refractivity contribution in [1.82, 2.24) is 5.32 Å². The molecule has 0 heterocycles. The molecule has 0 aromatic heterocycles. The van der Waals surface area contributed by atoms with Gasteiger partial charge in [-0.25, -0.2) is 0 Å². The van der Waals surface area contributed by atoms with Gasteiger partial charge in [-0.15, -0.1) is 0 Å². The predicted molar refractivity (Wildman–Crippen MR) is 52.7 cm³/mol. The summed E-state index contributed by atoms with van der Waals surface area (Å²) in [5.74, 6) is 3.79. The lowest BCUT2D eigenvalue weighted by Gasteiger charge is -2.12. The monoisotopic (exact) mass is 197 g/mol. The minimum atomic E-state index is -0.575. The van der Waals surface area contributed by atoms with Gasteiger partial charge in [-0.2, -0.15) is 0 Å². The lowest BCUT2D eigenvalue weighted by atomic mass is 10.0. The van der Waals surface area contributed by atoms with E-state index < -0.39 is 6.10 Å². The normalized spacial score (nSPS) is 50.6. The number of aliphatic hydroxyl groups excluding tert-OH is 2. The molecule has 3 saturated carbocycles. The van der Waals surface area contributed by atoms with Crippen LogP contribution in [-0.2, 0) is 0 Å². The Morgan fingerprint density at radius 1 is 1.21 bits per heavy atom. The van der Waals surface area contributed by atoms with Crippen LogP contribution in [0.4, 0.5) is 0 Å². The maximum absolute atomic E-state index is 9.23. The molecule has 5 atom stereocenters. The lowest BCUT2D eigenvalue weighted by molar-refractivity contribution is 0.0931. The highest BCUT2D eigenvalue weighted by atomic mass is 16.3. The van der Waals surface area contributed by atoms with Gasteiger partial charge >= 0.3 is 0 Å². The van der Waals surface area contributed by atoms with E-state index in [4.69, 9.17) is 5.11 Å². The van der Waals surface area contributed by atoms with Gasteiger partial charge in [-0.3, -0.25) is 0 Å². The van der Waals surface area contributed by atoms with Crippen molar-refractivity contribution in [3.05, 3.63) is 0 Å². The van der Waals surface area contributed by atoms with Gasteiger partial charge in [0.05, 0.1) is 12.7 Å². The smallest absolute Gasteiger partial charge is 0.0895 e. The summed E-state index contributed by atoms with van der Waals surface area (Å²) < 4.78 is 0. The molecule has 0 radical (unpaired) electrons. The minimum absolute atomic E-state index is 0.123. The number of rotatable bonds is 4. The first kappa shape index (κ1) is 9.13. The van der Waals surface area contributed by atoms with Gasteiger partial charge in [-0.05, 0) is 42.9 Å².